The van der Waals surface area contributed by atoms with Crippen molar-refractivity contribution in [2.24, 2.45) is 0 Å². The van der Waals surface area contributed by atoms with Gasteiger partial charge < -0.3 is 16.8 Å². The number of nitrogens with zero attached hydrogens (tertiary/aromatic N) is 2. The van der Waals surface area contributed by atoms with Crippen molar-refractivity contribution in [3.63, 3.8) is 0 Å². The van der Waals surface area contributed by atoms with Crippen LogP contribution in [0.25, 0.3) is 0 Å². The molecule has 1 aliphatic carbocycles. The fraction of sp³-hybridized carbons (Fsp3) is 0.636. The first-order chi connectivity index (χ1) is 8.19. The molecule has 0 amide bonds. The number of thioether (sulfide) groups is 1. The van der Waals surface area contributed by atoms with Gasteiger partial charge >= 0.3 is 0 Å². The highest BCUT2D eigenvalue weighted by Crippen LogP contribution is 2.29. The Morgan fingerprint density at radius 3 is 2.76 bits per heavy atom. The Kier molecular flexibility index (Phi) is 3.93. The maximum Gasteiger partial charge on any atom is 0.223 e. The Balaban J connectivity index is 2.08. The molecule has 6 heteroatoms. The van der Waals surface area contributed by atoms with E-state index in [1.54, 1.807) is 6.07 Å². The van der Waals surface area contributed by atoms with Crippen LogP contribution in [0, 0.1) is 0 Å². The van der Waals surface area contributed by atoms with Gasteiger partial charge in [-0.3, -0.25) is 0 Å². The fourth-order valence-electron chi connectivity index (χ4n) is 2.29. The standard InChI is InChI=1S/C11H19N5S/c1-17-8-5-3-2-4-7(8)14-10-6-9(12)15-11(13)16-10/h6-8H,2-5H2,1H3,(H5,12,13,14,15,16). The van der Waals surface area contributed by atoms with E-state index in [0.29, 0.717) is 17.1 Å². The van der Waals surface area contributed by atoms with Crippen molar-refractivity contribution < 1.29 is 0 Å². The van der Waals surface area contributed by atoms with E-state index in [-0.39, 0.29) is 5.95 Å². The molecule has 0 spiro atoms. The summed E-state index contributed by atoms with van der Waals surface area (Å²) in [6.07, 6.45) is 7.18. The zero-order valence-electron chi connectivity index (χ0n) is 10.0. The number of rotatable bonds is 3. The number of hydrogen-bond donors (Lipinski definition) is 3. The van der Waals surface area contributed by atoms with Crippen LogP contribution in [0.2, 0.25) is 0 Å². The Bertz CT molecular complexity index is 364. The minimum Gasteiger partial charge on any atom is -0.383 e. The van der Waals surface area contributed by atoms with Crippen molar-refractivity contribution in [2.75, 3.05) is 23.0 Å². The molecule has 1 aromatic heterocycles. The van der Waals surface area contributed by atoms with E-state index in [1.807, 2.05) is 11.8 Å². The van der Waals surface area contributed by atoms with Crippen LogP contribution in [0.3, 0.4) is 0 Å². The van der Waals surface area contributed by atoms with Crippen LogP contribution in [0.5, 0.6) is 0 Å². The third kappa shape index (κ3) is 3.15. The van der Waals surface area contributed by atoms with E-state index in [9.17, 15) is 0 Å². The smallest absolute Gasteiger partial charge is 0.223 e. The predicted molar refractivity (Wildman–Crippen MR) is 74.0 cm³/mol. The summed E-state index contributed by atoms with van der Waals surface area (Å²) in [5, 5.41) is 4.07. The third-order valence-electron chi connectivity index (χ3n) is 3.10. The largest absolute Gasteiger partial charge is 0.383 e. The number of aromatic nitrogens is 2. The number of nitrogens with two attached hydrogens (primary N) is 2. The maximum absolute atomic E-state index is 5.66. The van der Waals surface area contributed by atoms with Crippen LogP contribution >= 0.6 is 11.8 Å². The quantitative estimate of drug-likeness (QED) is 0.760. The number of nitrogens with one attached hydrogen (secondary N) is 1. The second-order valence-corrected chi connectivity index (χ2v) is 5.42. The lowest BCUT2D eigenvalue weighted by molar-refractivity contribution is 0.474. The van der Waals surface area contributed by atoms with Crippen LogP contribution in [0.15, 0.2) is 6.07 Å². The Morgan fingerprint density at radius 1 is 1.29 bits per heavy atom. The van der Waals surface area contributed by atoms with E-state index in [0.717, 1.165) is 5.82 Å². The van der Waals surface area contributed by atoms with Crippen molar-refractivity contribution in [3.05, 3.63) is 6.07 Å². The second-order valence-electron chi connectivity index (χ2n) is 4.35. The first-order valence-electron chi connectivity index (χ1n) is 5.88. The highest BCUT2D eigenvalue weighted by atomic mass is 32.2. The average molecular weight is 253 g/mol. The summed E-state index contributed by atoms with van der Waals surface area (Å²) in [7, 11) is 0. The summed E-state index contributed by atoms with van der Waals surface area (Å²) in [4.78, 5) is 8.03. The lowest BCUT2D eigenvalue weighted by atomic mass is 9.95. The van der Waals surface area contributed by atoms with Crippen molar-refractivity contribution in [3.8, 4) is 0 Å². The first-order valence-corrected chi connectivity index (χ1v) is 7.17. The van der Waals surface area contributed by atoms with Crippen LogP contribution in [-0.4, -0.2) is 27.5 Å². The van der Waals surface area contributed by atoms with Crippen LogP contribution < -0.4 is 16.8 Å². The molecule has 1 heterocycles. The van der Waals surface area contributed by atoms with Crippen molar-refractivity contribution >= 4 is 29.3 Å². The summed E-state index contributed by atoms with van der Waals surface area (Å²) < 4.78 is 0. The summed E-state index contributed by atoms with van der Waals surface area (Å²) in [6.45, 7) is 0. The zero-order valence-corrected chi connectivity index (χ0v) is 10.8. The van der Waals surface area contributed by atoms with E-state index in [1.165, 1.54) is 25.7 Å². The molecule has 1 saturated carbocycles. The molecule has 5 nitrogen and oxygen atoms in total. The maximum atomic E-state index is 5.66. The summed E-state index contributed by atoms with van der Waals surface area (Å²) in [5.74, 6) is 1.38. The Hall–Kier alpha value is -1.17. The van der Waals surface area contributed by atoms with Gasteiger partial charge in [0.1, 0.15) is 11.6 Å². The normalized spacial score (nSPS) is 24.5. The Labute approximate surface area is 106 Å². The summed E-state index contributed by atoms with van der Waals surface area (Å²) in [5.41, 5.74) is 11.2. The SMILES string of the molecule is CSC1CCCCC1Nc1cc(N)nc(N)n1. The molecular weight excluding hydrogens is 234 g/mol. The molecule has 0 saturated heterocycles. The number of nitrogen functional groups attached to an aromatic ring is 2. The van der Waals surface area contributed by atoms with Gasteiger partial charge in [-0.2, -0.15) is 21.7 Å². The van der Waals surface area contributed by atoms with Crippen molar-refractivity contribution in [1.82, 2.24) is 9.97 Å². The molecule has 2 atom stereocenters. The molecule has 94 valence electrons. The zero-order chi connectivity index (χ0) is 12.3. The lowest BCUT2D eigenvalue weighted by Crippen LogP contribution is -2.34. The van der Waals surface area contributed by atoms with E-state index >= 15 is 0 Å². The van der Waals surface area contributed by atoms with Crippen LogP contribution in [-0.2, 0) is 0 Å². The monoisotopic (exact) mass is 253 g/mol. The highest BCUT2D eigenvalue weighted by molar-refractivity contribution is 7.99. The van der Waals surface area contributed by atoms with Gasteiger partial charge in [0.15, 0.2) is 0 Å². The minimum absolute atomic E-state index is 0.226. The summed E-state index contributed by atoms with van der Waals surface area (Å²) in [6, 6.07) is 2.19. The molecule has 5 N–H and O–H groups in total. The van der Waals surface area contributed by atoms with Gasteiger partial charge in [0, 0.05) is 17.4 Å². The topological polar surface area (TPSA) is 89.8 Å². The first kappa shape index (κ1) is 12.3. The molecule has 1 aromatic rings. The fourth-order valence-corrected chi connectivity index (χ4v) is 3.23. The predicted octanol–water partition coefficient (Wildman–Crippen LogP) is 1.73. The minimum atomic E-state index is 0.226. The Morgan fingerprint density at radius 2 is 2.06 bits per heavy atom. The average Bonchev–Trinajstić information content (AvgIpc) is 2.28. The van der Waals surface area contributed by atoms with Crippen LogP contribution in [0.1, 0.15) is 25.7 Å². The molecule has 1 aliphatic rings. The van der Waals surface area contributed by atoms with Gasteiger partial charge in [-0.1, -0.05) is 12.8 Å². The molecule has 0 bridgehead atoms. The number of anilines is 3. The van der Waals surface area contributed by atoms with E-state index in [2.05, 4.69) is 21.5 Å². The molecule has 2 rings (SSSR count). The van der Waals surface area contributed by atoms with E-state index in [4.69, 9.17) is 11.5 Å². The molecule has 0 radical (unpaired) electrons. The second kappa shape index (κ2) is 5.44. The molecule has 0 aliphatic heterocycles. The molecule has 1 fully saturated rings. The third-order valence-corrected chi connectivity index (χ3v) is 4.27. The van der Waals surface area contributed by atoms with Crippen molar-refractivity contribution in [2.45, 2.75) is 37.0 Å². The molecular formula is C11H19N5S. The summed E-state index contributed by atoms with van der Waals surface area (Å²) >= 11 is 1.91. The van der Waals surface area contributed by atoms with Gasteiger partial charge in [-0.05, 0) is 19.1 Å². The lowest BCUT2D eigenvalue weighted by Gasteiger charge is -2.31. The molecule has 17 heavy (non-hydrogen) atoms. The van der Waals surface area contributed by atoms with Gasteiger partial charge in [0.05, 0.1) is 0 Å². The van der Waals surface area contributed by atoms with Crippen molar-refractivity contribution in [1.29, 1.82) is 0 Å². The van der Waals surface area contributed by atoms with Gasteiger partial charge in [-0.15, -0.1) is 0 Å². The molecule has 0 aromatic carbocycles. The van der Waals surface area contributed by atoms with Gasteiger partial charge in [0.25, 0.3) is 0 Å². The van der Waals surface area contributed by atoms with Crippen LogP contribution in [0.4, 0.5) is 17.6 Å². The molecule has 2 unspecified atom stereocenters. The van der Waals surface area contributed by atoms with E-state index < -0.39 is 0 Å². The highest BCUT2D eigenvalue weighted by Gasteiger charge is 2.24. The number of hydrogen-bond acceptors (Lipinski definition) is 6. The van der Waals surface area contributed by atoms with Gasteiger partial charge in [0.2, 0.25) is 5.95 Å². The van der Waals surface area contributed by atoms with Gasteiger partial charge in [-0.25, -0.2) is 0 Å².